The molecule has 0 aromatic heterocycles. The number of aliphatic carboxylic acids is 1. The molecule has 1 rings (SSSR count). The van der Waals surface area contributed by atoms with Gasteiger partial charge in [-0.3, -0.25) is 4.79 Å². The van der Waals surface area contributed by atoms with Crippen LogP contribution >= 0.6 is 0 Å². The van der Waals surface area contributed by atoms with Crippen molar-refractivity contribution in [3.63, 3.8) is 0 Å². The zero-order chi connectivity index (χ0) is 7.56. The van der Waals surface area contributed by atoms with Crippen LogP contribution in [0, 0.1) is 5.92 Å². The molecule has 0 aromatic rings. The first kappa shape index (κ1) is 7.06. The summed E-state index contributed by atoms with van der Waals surface area (Å²) in [5.74, 6) is -1.02. The average Bonchev–Trinajstić information content (AvgIpc) is 1.88. The molecule has 0 fully saturated rings. The number of carboxylic acids is 1. The van der Waals surface area contributed by atoms with Gasteiger partial charge >= 0.3 is 5.97 Å². The molecule has 0 spiro atoms. The van der Waals surface area contributed by atoms with Crippen LogP contribution in [0.4, 0.5) is 0 Å². The molecule has 0 amide bonds. The molecule has 0 saturated carbocycles. The second-order valence-electron chi connectivity index (χ2n) is 2.50. The molecule has 0 aliphatic heterocycles. The van der Waals surface area contributed by atoms with Crippen LogP contribution in [0.25, 0.3) is 0 Å². The summed E-state index contributed by atoms with van der Waals surface area (Å²) in [5, 5.41) is 8.54. The number of allylic oxidation sites excluding steroid dienone is 2. The highest BCUT2D eigenvalue weighted by atomic mass is 16.4. The lowest BCUT2D eigenvalue weighted by Gasteiger charge is -2.12. The highest BCUT2D eigenvalue weighted by molar-refractivity contribution is 5.72. The Balaban J connectivity index is 2.61. The molecule has 0 aromatic carbocycles. The predicted molar refractivity (Wildman–Crippen MR) is 38.6 cm³/mol. The predicted octanol–water partition coefficient (Wildman–Crippen LogP) is 1.59. The molecular formula is C8H10O2. The Hall–Kier alpha value is -1.05. The van der Waals surface area contributed by atoms with Gasteiger partial charge in [-0.05, 0) is 12.8 Å². The standard InChI is InChI=1S/C8H10O2/c1-6-2-4-7(5-3-6)8(9)10/h2,4,7H,1,3,5H2,(H,9,10). The maximum Gasteiger partial charge on any atom is 0.310 e. The number of carbonyl (C=O) groups is 1. The van der Waals surface area contributed by atoms with Crippen LogP contribution in [0.2, 0.25) is 0 Å². The molecule has 0 heterocycles. The molecule has 0 bridgehead atoms. The van der Waals surface area contributed by atoms with Gasteiger partial charge in [0.25, 0.3) is 0 Å². The minimum atomic E-state index is -0.733. The Labute approximate surface area is 59.9 Å². The smallest absolute Gasteiger partial charge is 0.310 e. The quantitative estimate of drug-likeness (QED) is 0.597. The van der Waals surface area contributed by atoms with E-state index in [-0.39, 0.29) is 5.92 Å². The molecule has 1 aliphatic carbocycles. The highest BCUT2D eigenvalue weighted by Gasteiger charge is 2.16. The van der Waals surface area contributed by atoms with Crippen LogP contribution in [-0.4, -0.2) is 11.1 Å². The van der Waals surface area contributed by atoms with E-state index in [0.717, 1.165) is 12.0 Å². The van der Waals surface area contributed by atoms with E-state index in [0.29, 0.717) is 6.42 Å². The van der Waals surface area contributed by atoms with Gasteiger partial charge < -0.3 is 5.11 Å². The molecule has 1 aliphatic rings. The summed E-state index contributed by atoms with van der Waals surface area (Å²) in [6, 6.07) is 0. The topological polar surface area (TPSA) is 37.3 Å². The van der Waals surface area contributed by atoms with Crippen molar-refractivity contribution in [1.29, 1.82) is 0 Å². The zero-order valence-electron chi connectivity index (χ0n) is 5.71. The second kappa shape index (κ2) is 2.69. The summed E-state index contributed by atoms with van der Waals surface area (Å²) in [6.45, 7) is 3.73. The highest BCUT2D eigenvalue weighted by Crippen LogP contribution is 2.19. The van der Waals surface area contributed by atoms with Crippen LogP contribution in [0.3, 0.4) is 0 Å². The fourth-order valence-corrected chi connectivity index (χ4v) is 0.978. The molecule has 1 N–H and O–H groups in total. The Morgan fingerprint density at radius 3 is 2.90 bits per heavy atom. The van der Waals surface area contributed by atoms with Crippen molar-refractivity contribution in [3.05, 3.63) is 24.3 Å². The van der Waals surface area contributed by atoms with Gasteiger partial charge in [0.2, 0.25) is 0 Å². The van der Waals surface area contributed by atoms with Crippen molar-refractivity contribution in [3.8, 4) is 0 Å². The van der Waals surface area contributed by atoms with Crippen molar-refractivity contribution >= 4 is 5.97 Å². The third-order valence-electron chi connectivity index (χ3n) is 1.66. The van der Waals surface area contributed by atoms with E-state index in [1.165, 1.54) is 0 Å². The van der Waals surface area contributed by atoms with Crippen LogP contribution in [0.5, 0.6) is 0 Å². The van der Waals surface area contributed by atoms with Crippen LogP contribution in [0.15, 0.2) is 24.3 Å². The monoisotopic (exact) mass is 138 g/mol. The van der Waals surface area contributed by atoms with Crippen LogP contribution in [0.1, 0.15) is 12.8 Å². The van der Waals surface area contributed by atoms with Crippen LogP contribution in [-0.2, 0) is 4.79 Å². The molecule has 1 unspecified atom stereocenters. The summed E-state index contributed by atoms with van der Waals surface area (Å²) < 4.78 is 0. The van der Waals surface area contributed by atoms with Crippen molar-refractivity contribution in [1.82, 2.24) is 0 Å². The van der Waals surface area contributed by atoms with Crippen molar-refractivity contribution in [2.24, 2.45) is 5.92 Å². The molecule has 0 saturated heterocycles. The van der Waals surface area contributed by atoms with E-state index in [1.807, 2.05) is 0 Å². The van der Waals surface area contributed by atoms with Crippen molar-refractivity contribution in [2.75, 3.05) is 0 Å². The van der Waals surface area contributed by atoms with E-state index < -0.39 is 5.97 Å². The van der Waals surface area contributed by atoms with Crippen molar-refractivity contribution in [2.45, 2.75) is 12.8 Å². The van der Waals surface area contributed by atoms with E-state index in [9.17, 15) is 4.79 Å². The van der Waals surface area contributed by atoms with Gasteiger partial charge in [0.1, 0.15) is 0 Å². The SMILES string of the molecule is C=C1C=CC(C(=O)O)CC1. The lowest BCUT2D eigenvalue weighted by Crippen LogP contribution is -2.13. The van der Waals surface area contributed by atoms with E-state index in [4.69, 9.17) is 5.11 Å². The van der Waals surface area contributed by atoms with Crippen molar-refractivity contribution < 1.29 is 9.90 Å². The number of hydrogen-bond donors (Lipinski definition) is 1. The zero-order valence-corrected chi connectivity index (χ0v) is 5.71. The Morgan fingerprint density at radius 2 is 2.50 bits per heavy atom. The maximum absolute atomic E-state index is 10.4. The first-order valence-corrected chi connectivity index (χ1v) is 3.29. The first-order chi connectivity index (χ1) is 4.70. The van der Waals surface area contributed by atoms with E-state index in [1.54, 1.807) is 12.2 Å². The molecular weight excluding hydrogens is 128 g/mol. The van der Waals surface area contributed by atoms with Gasteiger partial charge in [-0.1, -0.05) is 24.3 Å². The lowest BCUT2D eigenvalue weighted by atomic mass is 9.94. The molecule has 2 heteroatoms. The Morgan fingerprint density at radius 1 is 1.80 bits per heavy atom. The van der Waals surface area contributed by atoms with Crippen LogP contribution < -0.4 is 0 Å². The summed E-state index contributed by atoms with van der Waals surface area (Å²) >= 11 is 0. The number of hydrogen-bond acceptors (Lipinski definition) is 1. The second-order valence-corrected chi connectivity index (χ2v) is 2.50. The molecule has 10 heavy (non-hydrogen) atoms. The van der Waals surface area contributed by atoms with Gasteiger partial charge in [-0.25, -0.2) is 0 Å². The third kappa shape index (κ3) is 1.47. The minimum Gasteiger partial charge on any atom is -0.481 e. The van der Waals surface area contributed by atoms with E-state index >= 15 is 0 Å². The molecule has 54 valence electrons. The third-order valence-corrected chi connectivity index (χ3v) is 1.66. The Kier molecular flexibility index (Phi) is 1.90. The average molecular weight is 138 g/mol. The van der Waals surface area contributed by atoms with Gasteiger partial charge in [-0.15, -0.1) is 0 Å². The Bertz CT molecular complexity index is 191. The summed E-state index contributed by atoms with van der Waals surface area (Å²) in [4.78, 5) is 10.4. The first-order valence-electron chi connectivity index (χ1n) is 3.29. The molecule has 2 nitrogen and oxygen atoms in total. The summed E-state index contributed by atoms with van der Waals surface area (Å²) in [7, 11) is 0. The van der Waals surface area contributed by atoms with E-state index in [2.05, 4.69) is 6.58 Å². The number of carboxylic acid groups (broad SMARTS) is 1. The summed E-state index contributed by atoms with van der Waals surface area (Å²) in [6.07, 6.45) is 5.01. The summed E-state index contributed by atoms with van der Waals surface area (Å²) in [5.41, 5.74) is 1.03. The fraction of sp³-hybridized carbons (Fsp3) is 0.375. The van der Waals surface area contributed by atoms with Gasteiger partial charge in [0, 0.05) is 0 Å². The number of rotatable bonds is 1. The fourth-order valence-electron chi connectivity index (χ4n) is 0.978. The molecule has 1 atom stereocenters. The minimum absolute atomic E-state index is 0.287. The molecule has 0 radical (unpaired) electrons. The lowest BCUT2D eigenvalue weighted by molar-refractivity contribution is -0.140. The maximum atomic E-state index is 10.4. The van der Waals surface area contributed by atoms with Gasteiger partial charge in [-0.2, -0.15) is 0 Å². The van der Waals surface area contributed by atoms with Gasteiger partial charge in [0.15, 0.2) is 0 Å². The largest absolute Gasteiger partial charge is 0.481 e. The van der Waals surface area contributed by atoms with Gasteiger partial charge in [0.05, 0.1) is 5.92 Å². The normalized spacial score (nSPS) is 24.8.